The first kappa shape index (κ1) is 16.5. The van der Waals surface area contributed by atoms with E-state index in [-0.39, 0.29) is 0 Å². The maximum absolute atomic E-state index is 14.0. The Kier molecular flexibility index (Phi) is 4.87. The topological polar surface area (TPSA) is 26.3 Å². The quantitative estimate of drug-likeness (QED) is 0.641. The van der Waals surface area contributed by atoms with Gasteiger partial charge in [-0.3, -0.25) is 0 Å². The minimum Gasteiger partial charge on any atom is -0.497 e. The van der Waals surface area contributed by atoms with Crippen LogP contribution in [0, 0.1) is 6.92 Å². The Hall–Kier alpha value is -2.31. The molecule has 3 aromatic carbocycles. The van der Waals surface area contributed by atoms with E-state index in [1.807, 2.05) is 85.8 Å². The fourth-order valence-corrected chi connectivity index (χ4v) is 5.45. The number of aryl methyl sites for hydroxylation is 1. The first-order valence-corrected chi connectivity index (χ1v) is 9.86. The van der Waals surface area contributed by atoms with Gasteiger partial charge in [0.15, 0.2) is 0 Å². The lowest BCUT2D eigenvalue weighted by Gasteiger charge is -2.20. The number of rotatable bonds is 5. The fourth-order valence-electron chi connectivity index (χ4n) is 2.77. The van der Waals surface area contributed by atoms with E-state index in [2.05, 4.69) is 0 Å². The van der Waals surface area contributed by atoms with E-state index in [1.165, 1.54) is 5.56 Å². The van der Waals surface area contributed by atoms with Gasteiger partial charge in [0.1, 0.15) is 12.9 Å². The van der Waals surface area contributed by atoms with Gasteiger partial charge in [-0.05, 0) is 24.6 Å². The summed E-state index contributed by atoms with van der Waals surface area (Å²) in [4.78, 5) is 0. The normalized spacial score (nSPS) is 13.2. The SMILES string of the molecule is COc1ccc(CP(=O)(c2ccccc2)c2ccc(C)cc2)cc1. The molecular formula is C21H21O2P. The van der Waals surface area contributed by atoms with E-state index in [4.69, 9.17) is 4.74 Å². The van der Waals surface area contributed by atoms with Crippen molar-refractivity contribution in [1.29, 1.82) is 0 Å². The van der Waals surface area contributed by atoms with Gasteiger partial charge in [-0.1, -0.05) is 72.3 Å². The highest BCUT2D eigenvalue weighted by molar-refractivity contribution is 7.78. The number of ether oxygens (including phenoxy) is 1. The molecule has 0 aliphatic rings. The third-order valence-corrected chi connectivity index (χ3v) is 7.26. The second kappa shape index (κ2) is 7.07. The van der Waals surface area contributed by atoms with Gasteiger partial charge in [-0.25, -0.2) is 0 Å². The van der Waals surface area contributed by atoms with Gasteiger partial charge in [0, 0.05) is 16.8 Å². The van der Waals surface area contributed by atoms with Crippen LogP contribution in [-0.4, -0.2) is 7.11 Å². The van der Waals surface area contributed by atoms with Crippen molar-refractivity contribution < 1.29 is 9.30 Å². The molecule has 0 saturated carbocycles. The van der Waals surface area contributed by atoms with Crippen LogP contribution in [0.5, 0.6) is 5.75 Å². The molecule has 0 spiro atoms. The average molecular weight is 336 g/mol. The predicted octanol–water partition coefficient (Wildman–Crippen LogP) is 4.52. The lowest BCUT2D eigenvalue weighted by molar-refractivity contribution is 0.414. The van der Waals surface area contributed by atoms with Crippen molar-refractivity contribution in [3.63, 3.8) is 0 Å². The lowest BCUT2D eigenvalue weighted by Crippen LogP contribution is -2.17. The Bertz CT molecular complexity index is 837. The Labute approximate surface area is 143 Å². The Morgan fingerprint density at radius 2 is 1.38 bits per heavy atom. The number of hydrogen-bond acceptors (Lipinski definition) is 2. The molecule has 0 radical (unpaired) electrons. The molecule has 0 aromatic heterocycles. The average Bonchev–Trinajstić information content (AvgIpc) is 2.63. The molecule has 0 fully saturated rings. The van der Waals surface area contributed by atoms with Gasteiger partial charge in [0.25, 0.3) is 0 Å². The van der Waals surface area contributed by atoms with Crippen LogP contribution in [0.1, 0.15) is 11.1 Å². The zero-order valence-electron chi connectivity index (χ0n) is 14.0. The molecule has 2 nitrogen and oxygen atoms in total. The smallest absolute Gasteiger partial charge is 0.147 e. The predicted molar refractivity (Wildman–Crippen MR) is 101 cm³/mol. The standard InChI is InChI=1S/C21H21O2P/c1-17-8-14-21(15-9-17)24(22,20-6-4-3-5-7-20)16-18-10-12-19(23-2)13-11-18/h3-15H,16H2,1-2H3. The van der Waals surface area contributed by atoms with Crippen molar-refractivity contribution in [3.05, 3.63) is 90.0 Å². The summed E-state index contributed by atoms with van der Waals surface area (Å²) < 4.78 is 19.2. The lowest BCUT2D eigenvalue weighted by atomic mass is 10.2. The maximum atomic E-state index is 14.0. The van der Waals surface area contributed by atoms with E-state index in [0.29, 0.717) is 6.16 Å². The summed E-state index contributed by atoms with van der Waals surface area (Å²) in [7, 11) is -1.08. The molecule has 0 saturated heterocycles. The van der Waals surface area contributed by atoms with Crippen molar-refractivity contribution in [2.24, 2.45) is 0 Å². The molecule has 3 heteroatoms. The van der Waals surface area contributed by atoms with E-state index in [1.54, 1.807) is 7.11 Å². The molecule has 3 rings (SSSR count). The second-order valence-corrected chi connectivity index (χ2v) is 8.75. The largest absolute Gasteiger partial charge is 0.497 e. The molecule has 0 heterocycles. The number of methoxy groups -OCH3 is 1. The summed E-state index contributed by atoms with van der Waals surface area (Å²) >= 11 is 0. The molecule has 0 aliphatic carbocycles. The van der Waals surface area contributed by atoms with Crippen molar-refractivity contribution in [2.75, 3.05) is 7.11 Å². The van der Waals surface area contributed by atoms with Crippen molar-refractivity contribution >= 4 is 17.8 Å². The van der Waals surface area contributed by atoms with Crippen LogP contribution in [0.15, 0.2) is 78.9 Å². The van der Waals surface area contributed by atoms with Gasteiger partial charge in [0.2, 0.25) is 0 Å². The van der Waals surface area contributed by atoms with Crippen LogP contribution in [0.25, 0.3) is 0 Å². The molecule has 1 unspecified atom stereocenters. The highest BCUT2D eigenvalue weighted by Gasteiger charge is 2.27. The minimum absolute atomic E-state index is 0.504. The van der Waals surface area contributed by atoms with Crippen LogP contribution in [0.2, 0.25) is 0 Å². The third kappa shape index (κ3) is 3.44. The van der Waals surface area contributed by atoms with E-state index < -0.39 is 7.14 Å². The van der Waals surface area contributed by atoms with Crippen LogP contribution in [0.4, 0.5) is 0 Å². The van der Waals surface area contributed by atoms with E-state index >= 15 is 0 Å². The minimum atomic E-state index is -2.73. The highest BCUT2D eigenvalue weighted by Crippen LogP contribution is 2.47. The molecule has 3 aromatic rings. The monoisotopic (exact) mass is 336 g/mol. The Morgan fingerprint density at radius 3 is 1.96 bits per heavy atom. The summed E-state index contributed by atoms with van der Waals surface area (Å²) in [5.41, 5.74) is 2.21. The summed E-state index contributed by atoms with van der Waals surface area (Å²) in [5, 5.41) is 1.79. The summed E-state index contributed by atoms with van der Waals surface area (Å²) in [6.45, 7) is 2.04. The molecule has 24 heavy (non-hydrogen) atoms. The molecule has 0 aliphatic heterocycles. The molecule has 1 atom stereocenters. The first-order valence-electron chi connectivity index (χ1n) is 7.97. The summed E-state index contributed by atoms with van der Waals surface area (Å²) in [6.07, 6.45) is 0.504. The van der Waals surface area contributed by atoms with Gasteiger partial charge in [0.05, 0.1) is 7.11 Å². The van der Waals surface area contributed by atoms with Crippen molar-refractivity contribution in [3.8, 4) is 5.75 Å². The maximum Gasteiger partial charge on any atom is 0.147 e. The highest BCUT2D eigenvalue weighted by atomic mass is 31.2. The van der Waals surface area contributed by atoms with Crippen LogP contribution in [0.3, 0.4) is 0 Å². The fraction of sp³-hybridized carbons (Fsp3) is 0.143. The zero-order valence-corrected chi connectivity index (χ0v) is 14.9. The summed E-state index contributed by atoms with van der Waals surface area (Å²) in [6, 6.07) is 25.6. The van der Waals surface area contributed by atoms with Gasteiger partial charge in [-0.15, -0.1) is 0 Å². The molecular weight excluding hydrogens is 315 g/mol. The zero-order chi connectivity index (χ0) is 17.0. The third-order valence-electron chi connectivity index (χ3n) is 4.19. The number of benzene rings is 3. The van der Waals surface area contributed by atoms with Crippen molar-refractivity contribution in [2.45, 2.75) is 13.1 Å². The molecule has 122 valence electrons. The van der Waals surface area contributed by atoms with E-state index in [0.717, 1.165) is 21.9 Å². The Morgan fingerprint density at radius 1 is 0.792 bits per heavy atom. The van der Waals surface area contributed by atoms with Gasteiger partial charge >= 0.3 is 0 Å². The Balaban J connectivity index is 2.04. The van der Waals surface area contributed by atoms with Crippen LogP contribution < -0.4 is 15.3 Å². The molecule has 0 N–H and O–H groups in total. The second-order valence-electron chi connectivity index (χ2n) is 5.92. The van der Waals surface area contributed by atoms with E-state index in [9.17, 15) is 4.57 Å². The number of hydrogen-bond donors (Lipinski definition) is 0. The van der Waals surface area contributed by atoms with Gasteiger partial charge < -0.3 is 9.30 Å². The summed E-state index contributed by atoms with van der Waals surface area (Å²) in [5.74, 6) is 0.809. The van der Waals surface area contributed by atoms with Crippen LogP contribution in [-0.2, 0) is 10.7 Å². The molecule has 0 amide bonds. The van der Waals surface area contributed by atoms with Crippen LogP contribution >= 0.6 is 7.14 Å². The first-order chi connectivity index (χ1) is 11.6. The van der Waals surface area contributed by atoms with Gasteiger partial charge in [-0.2, -0.15) is 0 Å². The molecule has 0 bridgehead atoms. The van der Waals surface area contributed by atoms with Crippen molar-refractivity contribution in [1.82, 2.24) is 0 Å².